The van der Waals surface area contributed by atoms with Crippen LogP contribution in [-0.4, -0.2) is 18.2 Å². The number of aromatic carboxylic acids is 1. The summed E-state index contributed by atoms with van der Waals surface area (Å²) in [6, 6.07) is 12.3. The van der Waals surface area contributed by atoms with Crippen molar-refractivity contribution in [2.75, 3.05) is 7.11 Å². The molecule has 2 aromatic rings. The van der Waals surface area contributed by atoms with Crippen molar-refractivity contribution in [1.29, 1.82) is 0 Å². The van der Waals surface area contributed by atoms with Crippen molar-refractivity contribution in [3.8, 4) is 5.75 Å². The van der Waals surface area contributed by atoms with Gasteiger partial charge in [0.05, 0.1) is 0 Å². The summed E-state index contributed by atoms with van der Waals surface area (Å²) < 4.78 is 6.86. The number of halogens is 1. The van der Waals surface area contributed by atoms with Crippen molar-refractivity contribution < 1.29 is 40.9 Å². The maximum absolute atomic E-state index is 11.1. The number of carbonyl (C=O) groups excluding carboxylic acids is 1. The summed E-state index contributed by atoms with van der Waals surface area (Å²) >= 11 is -0.709. The van der Waals surface area contributed by atoms with E-state index in [1.807, 2.05) is 18.2 Å². The zero-order valence-electron chi connectivity index (χ0n) is 10.8. The average Bonchev–Trinajstić information content (AvgIpc) is 2.48. The van der Waals surface area contributed by atoms with Gasteiger partial charge in [0.15, 0.2) is 0 Å². The molecule has 0 heterocycles. The predicted octanol–water partition coefficient (Wildman–Crippen LogP) is -2.32. The Morgan fingerprint density at radius 2 is 2.00 bits per heavy atom. The quantitative estimate of drug-likeness (QED) is 0.588. The van der Waals surface area contributed by atoms with Crippen LogP contribution in [0.15, 0.2) is 42.5 Å². The Morgan fingerprint density at radius 1 is 1.25 bits per heavy atom. The second kappa shape index (κ2) is 6.71. The SMILES string of the molecule is COc1ccc([I-]c2ccccc2C(=O)[O-])c(CO)c1. The topological polar surface area (TPSA) is 69.6 Å². The molecular formula is C15H13IO4-2. The van der Waals surface area contributed by atoms with E-state index >= 15 is 0 Å². The summed E-state index contributed by atoms with van der Waals surface area (Å²) in [5, 5.41) is 20.5. The minimum atomic E-state index is -1.17. The third kappa shape index (κ3) is 3.29. The number of carbonyl (C=O) groups is 1. The molecule has 4 nitrogen and oxygen atoms in total. The molecule has 0 saturated carbocycles. The molecule has 0 aliphatic carbocycles. The normalized spacial score (nSPS) is 10.5. The summed E-state index contributed by atoms with van der Waals surface area (Å²) in [5.41, 5.74) is 0.991. The van der Waals surface area contributed by atoms with Crippen molar-refractivity contribution >= 4 is 5.97 Å². The summed E-state index contributed by atoms with van der Waals surface area (Å²) in [6.07, 6.45) is 0. The predicted molar refractivity (Wildman–Crippen MR) is 67.1 cm³/mol. The molecule has 2 rings (SSSR count). The number of aliphatic hydroxyl groups is 1. The second-order valence-electron chi connectivity index (χ2n) is 3.98. The van der Waals surface area contributed by atoms with Crippen LogP contribution < -0.4 is 31.0 Å². The first-order valence-electron chi connectivity index (χ1n) is 5.88. The Morgan fingerprint density at radius 3 is 2.65 bits per heavy atom. The average molecular weight is 384 g/mol. The molecule has 0 aromatic heterocycles. The standard InChI is InChI=1S/C15H14IO4/c1-20-11-6-7-13(10(8-11)9-17)16-14-5-3-2-4-12(14)15(18)19/h2-8,17H,9H2,1H3,(H,18,19)/q-1/p-1. The van der Waals surface area contributed by atoms with E-state index < -0.39 is 27.2 Å². The van der Waals surface area contributed by atoms with Crippen molar-refractivity contribution in [3.05, 3.63) is 60.7 Å². The van der Waals surface area contributed by atoms with Gasteiger partial charge in [0, 0.05) is 0 Å². The Hall–Kier alpha value is -1.60. The number of aliphatic hydroxyl groups excluding tert-OH is 1. The van der Waals surface area contributed by atoms with Crippen LogP contribution in [0.5, 0.6) is 5.75 Å². The number of methoxy groups -OCH3 is 1. The van der Waals surface area contributed by atoms with Crippen LogP contribution in [0.25, 0.3) is 0 Å². The van der Waals surface area contributed by atoms with Gasteiger partial charge in [-0.1, -0.05) is 0 Å². The Balaban J connectivity index is 2.37. The molecule has 2 aromatic carbocycles. The number of hydrogen-bond donors (Lipinski definition) is 1. The number of benzene rings is 2. The number of hydrogen-bond acceptors (Lipinski definition) is 4. The molecule has 0 bridgehead atoms. The van der Waals surface area contributed by atoms with E-state index in [0.717, 1.165) is 12.7 Å². The first-order chi connectivity index (χ1) is 9.65. The van der Waals surface area contributed by atoms with E-state index in [0.29, 0.717) is 5.75 Å². The van der Waals surface area contributed by atoms with Gasteiger partial charge in [0.1, 0.15) is 0 Å². The molecule has 106 valence electrons. The van der Waals surface area contributed by atoms with Crippen LogP contribution in [0, 0.1) is 7.14 Å². The van der Waals surface area contributed by atoms with Crippen LogP contribution in [-0.2, 0) is 6.61 Å². The fourth-order valence-corrected chi connectivity index (χ4v) is 4.45. The fraction of sp³-hybridized carbons (Fsp3) is 0.133. The number of carboxylic acid groups (broad SMARTS) is 1. The third-order valence-electron chi connectivity index (χ3n) is 2.72. The summed E-state index contributed by atoms with van der Waals surface area (Å²) in [6.45, 7) is -0.0975. The van der Waals surface area contributed by atoms with Crippen molar-refractivity contribution in [1.82, 2.24) is 0 Å². The molecule has 1 N–H and O–H groups in total. The van der Waals surface area contributed by atoms with E-state index in [2.05, 4.69) is 0 Å². The Labute approximate surface area is 127 Å². The van der Waals surface area contributed by atoms with Gasteiger partial charge in [0.25, 0.3) is 0 Å². The Kier molecular flexibility index (Phi) is 4.97. The Bertz CT molecular complexity index is 625. The molecule has 5 heteroatoms. The van der Waals surface area contributed by atoms with Crippen LogP contribution in [0.3, 0.4) is 0 Å². The van der Waals surface area contributed by atoms with E-state index in [1.54, 1.807) is 31.4 Å². The molecule has 0 saturated heterocycles. The van der Waals surface area contributed by atoms with Crippen LogP contribution in [0.4, 0.5) is 0 Å². The molecule has 0 aliphatic heterocycles. The summed E-state index contributed by atoms with van der Waals surface area (Å²) in [7, 11) is 1.57. The van der Waals surface area contributed by atoms with E-state index in [-0.39, 0.29) is 12.2 Å². The number of carboxylic acids is 1. The van der Waals surface area contributed by atoms with Gasteiger partial charge in [-0.2, -0.15) is 0 Å². The van der Waals surface area contributed by atoms with Gasteiger partial charge in [-0.15, -0.1) is 0 Å². The number of ether oxygens (including phenoxy) is 1. The van der Waals surface area contributed by atoms with Gasteiger partial charge in [-0.25, -0.2) is 0 Å². The van der Waals surface area contributed by atoms with Crippen LogP contribution in [0.2, 0.25) is 0 Å². The van der Waals surface area contributed by atoms with Gasteiger partial charge in [0.2, 0.25) is 0 Å². The zero-order valence-corrected chi connectivity index (χ0v) is 13.0. The van der Waals surface area contributed by atoms with Gasteiger partial charge in [-0.3, -0.25) is 0 Å². The first-order valence-corrected chi connectivity index (χ1v) is 8.04. The molecule has 0 aliphatic rings. The molecule has 0 amide bonds. The summed E-state index contributed by atoms with van der Waals surface area (Å²) in [5.74, 6) is -0.491. The minimum absolute atomic E-state index is 0.0975. The van der Waals surface area contributed by atoms with Gasteiger partial charge >= 0.3 is 127 Å². The second-order valence-corrected chi connectivity index (χ2v) is 6.84. The van der Waals surface area contributed by atoms with Crippen LogP contribution in [0.1, 0.15) is 15.9 Å². The molecule has 0 atom stereocenters. The molecule has 0 unspecified atom stereocenters. The van der Waals surface area contributed by atoms with Gasteiger partial charge < -0.3 is 0 Å². The molecule has 0 radical (unpaired) electrons. The zero-order chi connectivity index (χ0) is 14.5. The van der Waals surface area contributed by atoms with E-state index in [9.17, 15) is 15.0 Å². The molecular weight excluding hydrogens is 371 g/mol. The molecule has 0 fully saturated rings. The van der Waals surface area contributed by atoms with E-state index in [4.69, 9.17) is 4.74 Å². The van der Waals surface area contributed by atoms with Crippen molar-refractivity contribution in [2.45, 2.75) is 6.61 Å². The maximum atomic E-state index is 11.1. The van der Waals surface area contributed by atoms with Crippen molar-refractivity contribution in [2.24, 2.45) is 0 Å². The van der Waals surface area contributed by atoms with Gasteiger partial charge in [-0.05, 0) is 0 Å². The van der Waals surface area contributed by atoms with Crippen LogP contribution >= 0.6 is 0 Å². The first kappa shape index (κ1) is 14.8. The number of rotatable bonds is 5. The third-order valence-corrected chi connectivity index (χ3v) is 5.88. The fourth-order valence-electron chi connectivity index (χ4n) is 1.71. The molecule has 0 spiro atoms. The molecule has 20 heavy (non-hydrogen) atoms. The summed E-state index contributed by atoms with van der Waals surface area (Å²) in [4.78, 5) is 11.1. The monoisotopic (exact) mass is 384 g/mol. The van der Waals surface area contributed by atoms with E-state index in [1.165, 1.54) is 0 Å². The van der Waals surface area contributed by atoms with Crippen molar-refractivity contribution in [3.63, 3.8) is 0 Å².